The monoisotopic (exact) mass is 570 g/mol. The highest BCUT2D eigenvalue weighted by Gasteiger charge is 2.19. The molecule has 3 aromatic carbocycles. The molecule has 0 radical (unpaired) electrons. The first-order valence-electron chi connectivity index (χ1n) is 15.5. The molecule has 6 rings (SSSR count). The quantitative estimate of drug-likeness (QED) is 0.173. The van der Waals surface area contributed by atoms with Crippen molar-refractivity contribution in [3.05, 3.63) is 174 Å². The van der Waals surface area contributed by atoms with Gasteiger partial charge in [-0.2, -0.15) is 0 Å². The molecule has 44 heavy (non-hydrogen) atoms. The fourth-order valence-corrected chi connectivity index (χ4v) is 6.02. The Hall–Kier alpha value is -5.08. The average Bonchev–Trinajstić information content (AvgIpc) is 3.08. The zero-order chi connectivity index (χ0) is 30.3. The second kappa shape index (κ2) is 13.5. The molecule has 1 aliphatic rings. The fourth-order valence-electron chi connectivity index (χ4n) is 6.02. The van der Waals surface area contributed by atoms with E-state index in [2.05, 4.69) is 127 Å². The molecular formula is C42H38N2. The zero-order valence-electron chi connectivity index (χ0n) is 25.6. The predicted octanol–water partition coefficient (Wildman–Crippen LogP) is 11.1. The summed E-state index contributed by atoms with van der Waals surface area (Å²) in [7, 11) is 0. The predicted molar refractivity (Wildman–Crippen MR) is 187 cm³/mol. The maximum absolute atomic E-state index is 4.68. The van der Waals surface area contributed by atoms with Crippen LogP contribution in [0.3, 0.4) is 0 Å². The first-order chi connectivity index (χ1) is 21.6. The van der Waals surface area contributed by atoms with Gasteiger partial charge in [0.05, 0.1) is 11.4 Å². The number of pyridine rings is 2. The summed E-state index contributed by atoms with van der Waals surface area (Å²) in [5, 5.41) is 2.51. The van der Waals surface area contributed by atoms with Gasteiger partial charge < -0.3 is 0 Å². The van der Waals surface area contributed by atoms with E-state index in [9.17, 15) is 0 Å². The van der Waals surface area contributed by atoms with Crippen molar-refractivity contribution < 1.29 is 0 Å². The summed E-state index contributed by atoms with van der Waals surface area (Å²) in [6.45, 7) is 8.90. The van der Waals surface area contributed by atoms with Crippen molar-refractivity contribution in [3.63, 3.8) is 0 Å². The molecule has 0 spiro atoms. The van der Waals surface area contributed by atoms with Crippen LogP contribution < -0.4 is 0 Å². The minimum Gasteiger partial charge on any atom is -0.255 e. The van der Waals surface area contributed by atoms with Crippen LogP contribution in [0.15, 0.2) is 163 Å². The molecule has 0 saturated carbocycles. The molecule has 0 fully saturated rings. The fraction of sp³-hybridized carbons (Fsp3) is 0.143. The number of hydrogen-bond acceptors (Lipinski definition) is 2. The minimum atomic E-state index is 0.882. The number of allylic oxidation sites excluding steroid dienone is 9. The van der Waals surface area contributed by atoms with E-state index < -0.39 is 0 Å². The highest BCUT2D eigenvalue weighted by atomic mass is 14.8. The van der Waals surface area contributed by atoms with Gasteiger partial charge >= 0.3 is 0 Å². The lowest BCUT2D eigenvalue weighted by atomic mass is 9.82. The zero-order valence-corrected chi connectivity index (χ0v) is 25.6. The van der Waals surface area contributed by atoms with Gasteiger partial charge in [-0.3, -0.25) is 9.97 Å². The number of benzene rings is 3. The van der Waals surface area contributed by atoms with Crippen molar-refractivity contribution >= 4 is 16.3 Å². The van der Waals surface area contributed by atoms with Crippen LogP contribution >= 0.6 is 0 Å². The standard InChI is InChI=1S/C42H38N2/c1-4-12-39(42(38-16-9-6-13-30(38)3)36-23-22-33-14-7-8-15-35(33)28-36)32(5-2)27-31-18-20-34(21-19-31)37-24-25-41(44-29-37)40-17-10-11-26-43-40/h4,7-12,14-26,28-29H,3,5-6,13,27H2,1-2H3/b12-4-,39-32-,42-38-. The molecule has 5 aromatic rings. The van der Waals surface area contributed by atoms with E-state index in [0.717, 1.165) is 48.2 Å². The number of rotatable bonds is 8. The highest BCUT2D eigenvalue weighted by Crippen LogP contribution is 2.39. The van der Waals surface area contributed by atoms with E-state index in [1.807, 2.05) is 30.5 Å². The van der Waals surface area contributed by atoms with Crippen LogP contribution in [0.1, 0.15) is 44.2 Å². The molecule has 0 saturated heterocycles. The van der Waals surface area contributed by atoms with Gasteiger partial charge in [-0.25, -0.2) is 0 Å². The minimum absolute atomic E-state index is 0.882. The first-order valence-corrected chi connectivity index (χ1v) is 15.5. The summed E-state index contributed by atoms with van der Waals surface area (Å²) >= 11 is 0. The topological polar surface area (TPSA) is 25.8 Å². The van der Waals surface area contributed by atoms with Crippen LogP contribution in [-0.2, 0) is 6.42 Å². The number of hydrogen-bond donors (Lipinski definition) is 0. The Kier molecular flexibility index (Phi) is 8.89. The molecule has 0 bridgehead atoms. The summed E-state index contributed by atoms with van der Waals surface area (Å²) in [5.74, 6) is 0. The average molecular weight is 571 g/mol. The number of aromatic nitrogens is 2. The van der Waals surface area contributed by atoms with Crippen LogP contribution in [0.2, 0.25) is 0 Å². The van der Waals surface area contributed by atoms with Crippen molar-refractivity contribution in [1.82, 2.24) is 9.97 Å². The lowest BCUT2D eigenvalue weighted by Gasteiger charge is -2.22. The van der Waals surface area contributed by atoms with Crippen molar-refractivity contribution in [2.45, 2.75) is 39.5 Å². The summed E-state index contributed by atoms with van der Waals surface area (Å²) < 4.78 is 0. The third kappa shape index (κ3) is 6.31. The van der Waals surface area contributed by atoms with E-state index in [-0.39, 0.29) is 0 Å². The number of nitrogens with zero attached hydrogens (tertiary/aromatic N) is 2. The maximum Gasteiger partial charge on any atom is 0.0886 e. The van der Waals surface area contributed by atoms with Crippen molar-refractivity contribution in [1.29, 1.82) is 0 Å². The Balaban J connectivity index is 1.37. The second-order valence-electron chi connectivity index (χ2n) is 11.3. The molecule has 0 atom stereocenters. The van der Waals surface area contributed by atoms with Gasteiger partial charge in [0.1, 0.15) is 0 Å². The van der Waals surface area contributed by atoms with Gasteiger partial charge in [0.15, 0.2) is 0 Å². The largest absolute Gasteiger partial charge is 0.255 e. The van der Waals surface area contributed by atoms with E-state index >= 15 is 0 Å². The van der Waals surface area contributed by atoms with E-state index in [4.69, 9.17) is 0 Å². The second-order valence-corrected chi connectivity index (χ2v) is 11.3. The molecule has 0 N–H and O–H groups in total. The number of fused-ring (bicyclic) bond motifs is 1. The Morgan fingerprint density at radius 2 is 1.59 bits per heavy atom. The lowest BCUT2D eigenvalue weighted by molar-refractivity contribution is 0.970. The summed E-state index contributed by atoms with van der Waals surface area (Å²) in [4.78, 5) is 9.10. The van der Waals surface area contributed by atoms with Gasteiger partial charge in [-0.15, -0.1) is 0 Å². The van der Waals surface area contributed by atoms with Crippen LogP contribution in [0.4, 0.5) is 0 Å². The third-order valence-electron chi connectivity index (χ3n) is 8.39. The van der Waals surface area contributed by atoms with Crippen molar-refractivity contribution in [3.8, 4) is 22.5 Å². The van der Waals surface area contributed by atoms with Gasteiger partial charge in [-0.1, -0.05) is 116 Å². The summed E-state index contributed by atoms with van der Waals surface area (Å²) in [5.41, 5.74) is 13.0. The molecular weight excluding hydrogens is 532 g/mol. The Morgan fingerprint density at radius 1 is 0.818 bits per heavy atom. The van der Waals surface area contributed by atoms with Crippen molar-refractivity contribution in [2.24, 2.45) is 0 Å². The summed E-state index contributed by atoms with van der Waals surface area (Å²) in [6.07, 6.45) is 16.7. The molecule has 2 aromatic heterocycles. The Labute approximate surface area is 261 Å². The van der Waals surface area contributed by atoms with Gasteiger partial charge in [0, 0.05) is 18.0 Å². The van der Waals surface area contributed by atoms with Crippen molar-refractivity contribution in [2.75, 3.05) is 0 Å². The smallest absolute Gasteiger partial charge is 0.0886 e. The van der Waals surface area contributed by atoms with Crippen LogP contribution in [0, 0.1) is 0 Å². The highest BCUT2D eigenvalue weighted by molar-refractivity contribution is 5.93. The maximum atomic E-state index is 4.68. The lowest BCUT2D eigenvalue weighted by Crippen LogP contribution is -2.03. The SMILES string of the molecule is C=C1CCC=C/C1=C(C(/C=C\C)=C(/CC)Cc1ccc(-c2ccc(-c3ccccn3)nc2)cc1)\c1ccc2ccccc2c1. The van der Waals surface area contributed by atoms with E-state index in [1.165, 1.54) is 49.8 Å². The van der Waals surface area contributed by atoms with Gasteiger partial charge in [-0.05, 0) is 107 Å². The third-order valence-corrected chi connectivity index (χ3v) is 8.39. The van der Waals surface area contributed by atoms with Gasteiger partial charge in [0.25, 0.3) is 0 Å². The normalized spacial score (nSPS) is 15.1. The molecule has 216 valence electrons. The molecule has 0 unspecified atom stereocenters. The van der Waals surface area contributed by atoms with E-state index in [0.29, 0.717) is 0 Å². The van der Waals surface area contributed by atoms with Crippen LogP contribution in [-0.4, -0.2) is 9.97 Å². The molecule has 2 nitrogen and oxygen atoms in total. The first kappa shape index (κ1) is 29.0. The van der Waals surface area contributed by atoms with Crippen LogP contribution in [0.25, 0.3) is 38.9 Å². The molecule has 2 heterocycles. The Morgan fingerprint density at radius 3 is 2.30 bits per heavy atom. The molecule has 0 aliphatic heterocycles. The molecule has 2 heteroatoms. The van der Waals surface area contributed by atoms with Crippen LogP contribution in [0.5, 0.6) is 0 Å². The molecule has 0 amide bonds. The Bertz CT molecular complexity index is 1900. The molecule has 1 aliphatic carbocycles. The summed E-state index contributed by atoms with van der Waals surface area (Å²) in [6, 6.07) is 34.5. The van der Waals surface area contributed by atoms with Gasteiger partial charge in [0.2, 0.25) is 0 Å². The van der Waals surface area contributed by atoms with E-state index in [1.54, 1.807) is 6.20 Å².